The first-order valence-corrected chi connectivity index (χ1v) is 7.10. The SMILES string of the molecule is CC(C)(C)OC(=O)NCCCCN1CC(Cl)CC1=O. The average Bonchev–Trinajstić information content (AvgIpc) is 2.54. The number of likely N-dealkylation sites (tertiary alicyclic amines) is 1. The van der Waals surface area contributed by atoms with Gasteiger partial charge in [0.15, 0.2) is 0 Å². The molecule has 0 radical (unpaired) electrons. The summed E-state index contributed by atoms with van der Waals surface area (Å²) in [4.78, 5) is 24.6. The third kappa shape index (κ3) is 6.66. The Morgan fingerprint density at radius 1 is 1.47 bits per heavy atom. The van der Waals surface area contributed by atoms with Gasteiger partial charge in [-0.3, -0.25) is 4.79 Å². The van der Waals surface area contributed by atoms with Gasteiger partial charge in [0.25, 0.3) is 0 Å². The quantitative estimate of drug-likeness (QED) is 0.623. The third-order valence-corrected chi connectivity index (χ3v) is 2.98. The molecule has 19 heavy (non-hydrogen) atoms. The van der Waals surface area contributed by atoms with Crippen molar-refractivity contribution < 1.29 is 14.3 Å². The van der Waals surface area contributed by atoms with Crippen LogP contribution in [-0.2, 0) is 9.53 Å². The molecule has 1 aliphatic rings. The summed E-state index contributed by atoms with van der Waals surface area (Å²) in [5.41, 5.74) is -0.471. The van der Waals surface area contributed by atoms with Crippen LogP contribution in [0.15, 0.2) is 0 Å². The number of unbranched alkanes of at least 4 members (excludes halogenated alkanes) is 1. The van der Waals surface area contributed by atoms with Gasteiger partial charge >= 0.3 is 6.09 Å². The number of ether oxygens (including phenoxy) is 1. The molecular formula is C13H23ClN2O3. The molecule has 1 N–H and O–H groups in total. The standard InChI is InChI=1S/C13H23ClN2O3/c1-13(2,3)19-12(18)15-6-4-5-7-16-9-10(14)8-11(16)17/h10H,4-9H2,1-3H3,(H,15,18). The van der Waals surface area contributed by atoms with Gasteiger partial charge in [-0.25, -0.2) is 4.79 Å². The molecule has 1 unspecified atom stereocenters. The molecule has 0 aromatic rings. The largest absolute Gasteiger partial charge is 0.444 e. The molecule has 0 bridgehead atoms. The first-order valence-electron chi connectivity index (χ1n) is 6.66. The topological polar surface area (TPSA) is 58.6 Å². The van der Waals surface area contributed by atoms with E-state index < -0.39 is 11.7 Å². The molecule has 1 saturated heterocycles. The molecule has 2 amide bonds. The normalized spacial score (nSPS) is 19.7. The number of carbonyl (C=O) groups excluding carboxylic acids is 2. The van der Waals surface area contributed by atoms with Crippen molar-refractivity contribution in [1.29, 1.82) is 0 Å². The van der Waals surface area contributed by atoms with E-state index in [0.717, 1.165) is 12.8 Å². The highest BCUT2D eigenvalue weighted by Gasteiger charge is 2.27. The molecule has 1 aliphatic heterocycles. The molecule has 1 atom stereocenters. The Morgan fingerprint density at radius 3 is 2.68 bits per heavy atom. The molecule has 0 aliphatic carbocycles. The monoisotopic (exact) mass is 290 g/mol. The minimum atomic E-state index is -0.471. The van der Waals surface area contributed by atoms with Gasteiger partial charge in [0, 0.05) is 26.1 Å². The van der Waals surface area contributed by atoms with Crippen LogP contribution in [0.1, 0.15) is 40.0 Å². The van der Waals surface area contributed by atoms with Gasteiger partial charge in [0.2, 0.25) is 5.91 Å². The Balaban J connectivity index is 2.05. The van der Waals surface area contributed by atoms with E-state index in [-0.39, 0.29) is 11.3 Å². The number of amides is 2. The maximum Gasteiger partial charge on any atom is 0.407 e. The minimum Gasteiger partial charge on any atom is -0.444 e. The van der Waals surface area contributed by atoms with E-state index in [1.807, 2.05) is 20.8 Å². The van der Waals surface area contributed by atoms with Crippen LogP contribution in [0.5, 0.6) is 0 Å². The summed E-state index contributed by atoms with van der Waals surface area (Å²) in [5.74, 6) is 0.125. The van der Waals surface area contributed by atoms with Crippen LogP contribution in [0, 0.1) is 0 Å². The number of halogens is 1. The molecular weight excluding hydrogens is 268 g/mol. The summed E-state index contributed by atoms with van der Waals surface area (Å²) in [6, 6.07) is 0. The van der Waals surface area contributed by atoms with Crippen molar-refractivity contribution in [3.05, 3.63) is 0 Å². The van der Waals surface area contributed by atoms with E-state index in [1.54, 1.807) is 4.90 Å². The highest BCUT2D eigenvalue weighted by atomic mass is 35.5. The lowest BCUT2D eigenvalue weighted by Gasteiger charge is -2.20. The lowest BCUT2D eigenvalue weighted by Crippen LogP contribution is -2.33. The van der Waals surface area contributed by atoms with Crippen molar-refractivity contribution in [1.82, 2.24) is 10.2 Å². The van der Waals surface area contributed by atoms with E-state index in [1.165, 1.54) is 0 Å². The van der Waals surface area contributed by atoms with Gasteiger partial charge in [-0.1, -0.05) is 0 Å². The number of alkyl halides is 1. The Bertz CT molecular complexity index is 328. The zero-order valence-electron chi connectivity index (χ0n) is 11.9. The number of carbonyl (C=O) groups is 2. The smallest absolute Gasteiger partial charge is 0.407 e. The van der Waals surface area contributed by atoms with Crippen molar-refractivity contribution in [3.8, 4) is 0 Å². The zero-order valence-corrected chi connectivity index (χ0v) is 12.6. The van der Waals surface area contributed by atoms with E-state index in [0.29, 0.717) is 26.1 Å². The summed E-state index contributed by atoms with van der Waals surface area (Å²) in [7, 11) is 0. The van der Waals surface area contributed by atoms with Gasteiger partial charge in [-0.2, -0.15) is 0 Å². The number of hydrogen-bond acceptors (Lipinski definition) is 3. The van der Waals surface area contributed by atoms with E-state index in [4.69, 9.17) is 16.3 Å². The highest BCUT2D eigenvalue weighted by molar-refractivity contribution is 6.22. The van der Waals surface area contributed by atoms with Crippen LogP contribution in [0.3, 0.4) is 0 Å². The predicted molar refractivity (Wildman–Crippen MR) is 74.3 cm³/mol. The fraction of sp³-hybridized carbons (Fsp3) is 0.846. The molecule has 110 valence electrons. The second-order valence-electron chi connectivity index (χ2n) is 5.78. The molecule has 0 aromatic carbocycles. The summed E-state index contributed by atoms with van der Waals surface area (Å²) >= 11 is 5.91. The maximum atomic E-state index is 11.5. The minimum absolute atomic E-state index is 0.0487. The first-order chi connectivity index (χ1) is 8.78. The van der Waals surface area contributed by atoms with E-state index in [2.05, 4.69) is 5.32 Å². The molecule has 0 aromatic heterocycles. The lowest BCUT2D eigenvalue weighted by atomic mass is 10.2. The Morgan fingerprint density at radius 2 is 2.16 bits per heavy atom. The second-order valence-corrected chi connectivity index (χ2v) is 6.39. The van der Waals surface area contributed by atoms with Crippen LogP contribution in [-0.4, -0.2) is 47.5 Å². The average molecular weight is 291 g/mol. The van der Waals surface area contributed by atoms with Crippen molar-refractivity contribution >= 4 is 23.6 Å². The Kier molecular flexibility index (Phi) is 5.91. The fourth-order valence-electron chi connectivity index (χ4n) is 1.87. The molecule has 6 heteroatoms. The summed E-state index contributed by atoms with van der Waals surface area (Å²) < 4.78 is 5.12. The fourth-order valence-corrected chi connectivity index (χ4v) is 2.17. The van der Waals surface area contributed by atoms with Gasteiger partial charge in [-0.05, 0) is 33.6 Å². The van der Waals surface area contributed by atoms with Gasteiger partial charge in [-0.15, -0.1) is 11.6 Å². The summed E-state index contributed by atoms with van der Waals surface area (Å²) in [6.07, 6.45) is 1.71. The number of nitrogens with zero attached hydrogens (tertiary/aromatic N) is 1. The van der Waals surface area contributed by atoms with Crippen LogP contribution in [0.25, 0.3) is 0 Å². The summed E-state index contributed by atoms with van der Waals surface area (Å²) in [5, 5.41) is 2.65. The van der Waals surface area contributed by atoms with Crippen molar-refractivity contribution in [3.63, 3.8) is 0 Å². The lowest BCUT2D eigenvalue weighted by molar-refractivity contribution is -0.127. The second kappa shape index (κ2) is 6.98. The van der Waals surface area contributed by atoms with Crippen molar-refractivity contribution in [2.45, 2.75) is 51.0 Å². The van der Waals surface area contributed by atoms with Crippen LogP contribution in [0.2, 0.25) is 0 Å². The zero-order chi connectivity index (χ0) is 14.5. The van der Waals surface area contributed by atoms with E-state index >= 15 is 0 Å². The summed E-state index contributed by atoms with van der Waals surface area (Å²) in [6.45, 7) is 7.38. The van der Waals surface area contributed by atoms with E-state index in [9.17, 15) is 9.59 Å². The number of nitrogens with one attached hydrogen (secondary N) is 1. The predicted octanol–water partition coefficient (Wildman–Crippen LogP) is 2.13. The molecule has 1 rings (SSSR count). The Labute approximate surface area is 119 Å². The number of hydrogen-bond donors (Lipinski definition) is 1. The van der Waals surface area contributed by atoms with Gasteiger partial charge in [0.1, 0.15) is 5.60 Å². The molecule has 1 fully saturated rings. The van der Waals surface area contributed by atoms with Gasteiger partial charge in [0.05, 0.1) is 5.38 Å². The number of rotatable bonds is 5. The number of alkyl carbamates (subject to hydrolysis) is 1. The third-order valence-electron chi connectivity index (χ3n) is 2.69. The Hall–Kier alpha value is -0.970. The molecule has 0 saturated carbocycles. The molecule has 1 heterocycles. The van der Waals surface area contributed by atoms with Crippen molar-refractivity contribution in [2.75, 3.05) is 19.6 Å². The van der Waals surface area contributed by atoms with Gasteiger partial charge < -0.3 is 15.0 Å². The van der Waals surface area contributed by atoms with Crippen molar-refractivity contribution in [2.24, 2.45) is 0 Å². The molecule has 0 spiro atoms. The van der Waals surface area contributed by atoms with Crippen LogP contribution in [0.4, 0.5) is 4.79 Å². The first kappa shape index (κ1) is 16.1. The van der Waals surface area contributed by atoms with Crippen LogP contribution >= 0.6 is 11.6 Å². The maximum absolute atomic E-state index is 11.5. The highest BCUT2D eigenvalue weighted by Crippen LogP contribution is 2.16. The molecule has 5 nitrogen and oxygen atoms in total. The van der Waals surface area contributed by atoms with Crippen LogP contribution < -0.4 is 5.32 Å².